The molecular weight excluding hydrogens is 330 g/mol. The van der Waals surface area contributed by atoms with E-state index in [1.807, 2.05) is 19.6 Å². The topological polar surface area (TPSA) is 39.1 Å². The van der Waals surface area contributed by atoms with Crippen molar-refractivity contribution in [1.82, 2.24) is 14.9 Å². The van der Waals surface area contributed by atoms with E-state index in [4.69, 9.17) is 4.74 Å². The Morgan fingerprint density at radius 2 is 2.33 bits per heavy atom. The summed E-state index contributed by atoms with van der Waals surface area (Å²) in [7, 11) is 2.04. The van der Waals surface area contributed by atoms with Crippen LogP contribution in [0.5, 0.6) is 5.75 Å². The van der Waals surface area contributed by atoms with Crippen LogP contribution in [0.25, 0.3) is 0 Å². The van der Waals surface area contributed by atoms with Gasteiger partial charge in [-0.25, -0.2) is 4.98 Å². The predicted octanol–water partition coefficient (Wildman–Crippen LogP) is 3.01. The predicted molar refractivity (Wildman–Crippen MR) is 86.7 cm³/mol. The number of nitrogens with one attached hydrogen (secondary N) is 1. The summed E-state index contributed by atoms with van der Waals surface area (Å²) in [5.41, 5.74) is 3.76. The molecule has 1 N–H and O–H groups in total. The molecule has 3 rings (SSSR count). The molecule has 1 aliphatic heterocycles. The molecule has 112 valence electrons. The molecule has 0 saturated carbocycles. The average molecular weight is 350 g/mol. The lowest BCUT2D eigenvalue weighted by molar-refractivity contribution is 0.351. The van der Waals surface area contributed by atoms with E-state index in [0.717, 1.165) is 36.2 Å². The van der Waals surface area contributed by atoms with Crippen molar-refractivity contribution in [2.24, 2.45) is 7.05 Å². The standard InChI is InChI=1S/C16H20BrN3O/c1-3-19-14(15-9-18-10-20(15)2)8-12-7-13(17)6-11-4-5-21-16(11)12/h6-7,9-10,14,19H,3-5,8H2,1-2H3. The summed E-state index contributed by atoms with van der Waals surface area (Å²) in [4.78, 5) is 4.24. The first-order valence-electron chi connectivity index (χ1n) is 7.32. The van der Waals surface area contributed by atoms with Crippen LogP contribution in [-0.4, -0.2) is 22.7 Å². The number of likely N-dealkylation sites (N-methyl/N-ethyl adjacent to an activating group) is 1. The Kier molecular flexibility index (Phi) is 4.31. The number of rotatable bonds is 5. The molecule has 1 atom stereocenters. The number of fused-ring (bicyclic) bond motifs is 1. The highest BCUT2D eigenvalue weighted by Crippen LogP contribution is 2.35. The molecule has 0 aliphatic carbocycles. The maximum atomic E-state index is 5.84. The molecule has 0 spiro atoms. The molecule has 2 aromatic rings. The van der Waals surface area contributed by atoms with Crippen molar-refractivity contribution < 1.29 is 4.74 Å². The molecule has 1 aromatic heterocycles. The van der Waals surface area contributed by atoms with Crippen molar-refractivity contribution in [3.05, 3.63) is 46.0 Å². The van der Waals surface area contributed by atoms with Crippen molar-refractivity contribution >= 4 is 15.9 Å². The third-order valence-electron chi connectivity index (χ3n) is 3.91. The Morgan fingerprint density at radius 1 is 1.48 bits per heavy atom. The molecule has 0 bridgehead atoms. The van der Waals surface area contributed by atoms with Gasteiger partial charge in [-0.2, -0.15) is 0 Å². The van der Waals surface area contributed by atoms with E-state index >= 15 is 0 Å². The highest BCUT2D eigenvalue weighted by atomic mass is 79.9. The van der Waals surface area contributed by atoms with E-state index in [1.54, 1.807) is 0 Å². The number of aryl methyl sites for hydroxylation is 1. The molecule has 1 unspecified atom stereocenters. The lowest BCUT2D eigenvalue weighted by Gasteiger charge is -2.20. The Morgan fingerprint density at radius 3 is 3.05 bits per heavy atom. The van der Waals surface area contributed by atoms with Crippen LogP contribution in [0.3, 0.4) is 0 Å². The normalized spacial score (nSPS) is 14.8. The molecular formula is C16H20BrN3O. The number of ether oxygens (including phenoxy) is 1. The number of nitrogens with zero attached hydrogens (tertiary/aromatic N) is 2. The molecule has 1 aliphatic rings. The van der Waals surface area contributed by atoms with E-state index < -0.39 is 0 Å². The maximum absolute atomic E-state index is 5.84. The highest BCUT2D eigenvalue weighted by Gasteiger charge is 2.22. The SMILES string of the molecule is CCNC(Cc1cc(Br)cc2c1OCC2)c1cncn1C. The van der Waals surface area contributed by atoms with Gasteiger partial charge in [0.05, 0.1) is 24.7 Å². The second-order valence-electron chi connectivity index (χ2n) is 5.40. The highest BCUT2D eigenvalue weighted by molar-refractivity contribution is 9.10. The van der Waals surface area contributed by atoms with Gasteiger partial charge in [-0.1, -0.05) is 22.9 Å². The minimum atomic E-state index is 0.241. The first kappa shape index (κ1) is 14.6. The van der Waals surface area contributed by atoms with Crippen LogP contribution in [0.4, 0.5) is 0 Å². The number of imidazole rings is 1. The smallest absolute Gasteiger partial charge is 0.125 e. The van der Waals surface area contributed by atoms with Crippen LogP contribution >= 0.6 is 15.9 Å². The quantitative estimate of drug-likeness (QED) is 0.901. The van der Waals surface area contributed by atoms with Gasteiger partial charge >= 0.3 is 0 Å². The molecule has 0 saturated heterocycles. The fraction of sp³-hybridized carbons (Fsp3) is 0.438. The van der Waals surface area contributed by atoms with E-state index in [1.165, 1.54) is 16.8 Å². The number of aromatic nitrogens is 2. The van der Waals surface area contributed by atoms with Gasteiger partial charge in [0.1, 0.15) is 5.75 Å². The Hall–Kier alpha value is -1.33. The molecule has 21 heavy (non-hydrogen) atoms. The van der Waals surface area contributed by atoms with Crippen molar-refractivity contribution in [2.45, 2.75) is 25.8 Å². The summed E-state index contributed by atoms with van der Waals surface area (Å²) in [6, 6.07) is 4.58. The largest absolute Gasteiger partial charge is 0.493 e. The second kappa shape index (κ2) is 6.20. The second-order valence-corrected chi connectivity index (χ2v) is 6.31. The van der Waals surface area contributed by atoms with Crippen LogP contribution < -0.4 is 10.1 Å². The van der Waals surface area contributed by atoms with E-state index in [2.05, 4.69) is 49.9 Å². The van der Waals surface area contributed by atoms with Gasteiger partial charge in [0.15, 0.2) is 0 Å². The van der Waals surface area contributed by atoms with E-state index in [-0.39, 0.29) is 6.04 Å². The van der Waals surface area contributed by atoms with Crippen molar-refractivity contribution in [3.8, 4) is 5.75 Å². The molecule has 5 heteroatoms. The summed E-state index contributed by atoms with van der Waals surface area (Å²) < 4.78 is 9.04. The zero-order valence-corrected chi connectivity index (χ0v) is 14.0. The molecule has 1 aromatic carbocycles. The Balaban J connectivity index is 1.92. The fourth-order valence-corrected chi connectivity index (χ4v) is 3.50. The molecule has 0 fully saturated rings. The van der Waals surface area contributed by atoms with Crippen molar-refractivity contribution in [1.29, 1.82) is 0 Å². The maximum Gasteiger partial charge on any atom is 0.125 e. The van der Waals surface area contributed by atoms with Crippen LogP contribution in [0.1, 0.15) is 29.8 Å². The zero-order valence-electron chi connectivity index (χ0n) is 12.4. The summed E-state index contributed by atoms with van der Waals surface area (Å²) in [5.74, 6) is 1.07. The molecule has 4 nitrogen and oxygen atoms in total. The molecule has 2 heterocycles. The van der Waals surface area contributed by atoms with Crippen LogP contribution in [0.15, 0.2) is 29.1 Å². The number of hydrogen-bond acceptors (Lipinski definition) is 3. The lowest BCUT2D eigenvalue weighted by Crippen LogP contribution is -2.25. The number of halogens is 1. The molecule has 0 radical (unpaired) electrons. The fourth-order valence-electron chi connectivity index (χ4n) is 2.95. The first-order valence-corrected chi connectivity index (χ1v) is 8.12. The van der Waals surface area contributed by atoms with Gasteiger partial charge in [0.25, 0.3) is 0 Å². The molecule has 0 amide bonds. The summed E-state index contributed by atoms with van der Waals surface area (Å²) >= 11 is 3.61. The van der Waals surface area contributed by atoms with Crippen molar-refractivity contribution in [2.75, 3.05) is 13.2 Å². The first-order chi connectivity index (χ1) is 10.2. The lowest BCUT2D eigenvalue weighted by atomic mass is 10.00. The van der Waals surface area contributed by atoms with Crippen LogP contribution in [0.2, 0.25) is 0 Å². The Bertz CT molecular complexity index is 638. The number of hydrogen-bond donors (Lipinski definition) is 1. The van der Waals surface area contributed by atoms with Gasteiger partial charge in [0.2, 0.25) is 0 Å². The third-order valence-corrected chi connectivity index (χ3v) is 4.37. The van der Waals surface area contributed by atoms with Gasteiger partial charge in [-0.3, -0.25) is 0 Å². The minimum absolute atomic E-state index is 0.241. The summed E-state index contributed by atoms with van der Waals surface area (Å²) in [6.07, 6.45) is 5.68. The van der Waals surface area contributed by atoms with Gasteiger partial charge in [0, 0.05) is 24.1 Å². The van der Waals surface area contributed by atoms with Gasteiger partial charge in [-0.15, -0.1) is 0 Å². The van der Waals surface area contributed by atoms with E-state index in [9.17, 15) is 0 Å². The zero-order chi connectivity index (χ0) is 14.8. The third kappa shape index (κ3) is 2.99. The van der Waals surface area contributed by atoms with Crippen molar-refractivity contribution in [3.63, 3.8) is 0 Å². The monoisotopic (exact) mass is 349 g/mol. The minimum Gasteiger partial charge on any atom is -0.493 e. The number of benzene rings is 1. The summed E-state index contributed by atoms with van der Waals surface area (Å²) in [5, 5.41) is 3.55. The summed E-state index contributed by atoms with van der Waals surface area (Å²) in [6.45, 7) is 3.84. The van der Waals surface area contributed by atoms with E-state index in [0.29, 0.717) is 0 Å². The Labute approximate surface area is 133 Å². The average Bonchev–Trinajstić information content (AvgIpc) is 3.06. The van der Waals surface area contributed by atoms with Crippen LogP contribution in [-0.2, 0) is 19.9 Å². The van der Waals surface area contributed by atoms with Gasteiger partial charge in [-0.05, 0) is 36.2 Å². The van der Waals surface area contributed by atoms with Gasteiger partial charge < -0.3 is 14.6 Å². The van der Waals surface area contributed by atoms with Crippen LogP contribution in [0, 0.1) is 0 Å².